The van der Waals surface area contributed by atoms with Crippen LogP contribution in [0.1, 0.15) is 17.3 Å². The fourth-order valence-corrected chi connectivity index (χ4v) is 1.78. The van der Waals surface area contributed by atoms with Crippen molar-refractivity contribution in [2.75, 3.05) is 25.0 Å². The number of hydrogen-bond donors (Lipinski definition) is 8. The van der Waals surface area contributed by atoms with Gasteiger partial charge in [-0.3, -0.25) is 19.6 Å². The molecule has 0 spiro atoms. The highest BCUT2D eigenvalue weighted by atomic mass is 16.4. The third-order valence-corrected chi connectivity index (χ3v) is 2.97. The van der Waals surface area contributed by atoms with Gasteiger partial charge in [0.25, 0.3) is 11.5 Å². The number of anilines is 1. The van der Waals surface area contributed by atoms with Crippen LogP contribution in [-0.4, -0.2) is 74.3 Å². The summed E-state index contributed by atoms with van der Waals surface area (Å²) in [5.74, 6) is -0.979. The van der Waals surface area contributed by atoms with Crippen LogP contribution in [0.3, 0.4) is 0 Å². The van der Waals surface area contributed by atoms with Crippen molar-refractivity contribution in [1.82, 2.24) is 15.3 Å². The highest BCUT2D eigenvalue weighted by Gasteiger charge is 2.25. The molecule has 0 saturated heterocycles. The molecule has 11 heteroatoms. The van der Waals surface area contributed by atoms with Crippen LogP contribution in [-0.2, 0) is 0 Å². The largest absolute Gasteiger partial charge is 0.394 e. The average molecular weight is 332 g/mol. The van der Waals surface area contributed by atoms with Gasteiger partial charge in [0.15, 0.2) is 0 Å². The van der Waals surface area contributed by atoms with Crippen LogP contribution in [0.5, 0.6) is 0 Å². The first kappa shape index (κ1) is 18.8. The van der Waals surface area contributed by atoms with E-state index in [2.05, 4.69) is 15.6 Å². The predicted molar refractivity (Wildman–Crippen MR) is 79.3 cm³/mol. The number of carbonyl (C=O) groups excluding carboxylic acids is 1. The zero-order valence-corrected chi connectivity index (χ0v) is 12.4. The standard InChI is InChI=1S/C12H20N4O7/c1-2-13-10(21)7-9(15-12(23)16-11(7)22)14-3-5(18)8(20)6(19)4-17/h5-6,8,17-20H,2-4H2,1H3,(H,13,21)(H3,14,15,16,22,23)/t5-,6+,8-/m0/s1. The Bertz CT molecular complexity index is 641. The van der Waals surface area contributed by atoms with Gasteiger partial charge in [-0.15, -0.1) is 0 Å². The minimum absolute atomic E-state index is 0.241. The number of amides is 1. The van der Waals surface area contributed by atoms with Crippen molar-refractivity contribution < 1.29 is 25.2 Å². The first-order valence-electron chi connectivity index (χ1n) is 6.85. The van der Waals surface area contributed by atoms with E-state index in [1.165, 1.54) is 0 Å². The SMILES string of the molecule is CCNC(=O)c1c(NC[C@H](O)[C@H](O)[C@H](O)CO)[nH]c(=O)[nH]c1=O. The van der Waals surface area contributed by atoms with Gasteiger partial charge in [0.2, 0.25) is 0 Å². The van der Waals surface area contributed by atoms with Crippen LogP contribution in [0, 0.1) is 0 Å². The van der Waals surface area contributed by atoms with Crippen LogP contribution in [0.15, 0.2) is 9.59 Å². The first-order chi connectivity index (χ1) is 10.8. The maximum Gasteiger partial charge on any atom is 0.327 e. The van der Waals surface area contributed by atoms with E-state index in [4.69, 9.17) is 5.11 Å². The minimum Gasteiger partial charge on any atom is -0.394 e. The van der Waals surface area contributed by atoms with Crippen LogP contribution >= 0.6 is 0 Å². The molecule has 0 unspecified atom stereocenters. The second-order valence-electron chi connectivity index (χ2n) is 4.71. The van der Waals surface area contributed by atoms with E-state index in [0.29, 0.717) is 0 Å². The number of aliphatic hydroxyl groups is 4. The number of aromatic nitrogens is 2. The summed E-state index contributed by atoms with van der Waals surface area (Å²) in [6, 6.07) is 0. The van der Waals surface area contributed by atoms with Gasteiger partial charge in [0.1, 0.15) is 23.6 Å². The third kappa shape index (κ3) is 4.89. The molecule has 0 fully saturated rings. The van der Waals surface area contributed by atoms with Gasteiger partial charge in [-0.05, 0) is 6.92 Å². The average Bonchev–Trinajstić information content (AvgIpc) is 2.50. The van der Waals surface area contributed by atoms with E-state index in [1.54, 1.807) is 6.92 Å². The van der Waals surface area contributed by atoms with Crippen molar-refractivity contribution in [3.63, 3.8) is 0 Å². The predicted octanol–water partition coefficient (Wildman–Crippen LogP) is -3.70. The molecule has 3 atom stereocenters. The van der Waals surface area contributed by atoms with Crippen LogP contribution in [0.25, 0.3) is 0 Å². The molecule has 0 aliphatic carbocycles. The first-order valence-corrected chi connectivity index (χ1v) is 6.85. The number of hydrogen-bond acceptors (Lipinski definition) is 8. The minimum atomic E-state index is -1.66. The summed E-state index contributed by atoms with van der Waals surface area (Å²) in [7, 11) is 0. The summed E-state index contributed by atoms with van der Waals surface area (Å²) in [6.45, 7) is 0.733. The number of rotatable bonds is 8. The molecule has 0 aliphatic rings. The molecule has 0 aliphatic heterocycles. The van der Waals surface area contributed by atoms with Crippen molar-refractivity contribution in [3.8, 4) is 0 Å². The van der Waals surface area contributed by atoms with E-state index in [9.17, 15) is 29.7 Å². The lowest BCUT2D eigenvalue weighted by Gasteiger charge is -2.22. The van der Waals surface area contributed by atoms with Gasteiger partial charge in [0, 0.05) is 13.1 Å². The Morgan fingerprint density at radius 1 is 1.17 bits per heavy atom. The van der Waals surface area contributed by atoms with Gasteiger partial charge in [-0.25, -0.2) is 4.79 Å². The van der Waals surface area contributed by atoms with Crippen LogP contribution in [0.2, 0.25) is 0 Å². The number of nitrogens with one attached hydrogen (secondary N) is 4. The Labute approximate surface area is 130 Å². The molecule has 1 rings (SSSR count). The number of carbonyl (C=O) groups is 1. The van der Waals surface area contributed by atoms with Gasteiger partial charge in [0.05, 0.1) is 12.7 Å². The highest BCUT2D eigenvalue weighted by Crippen LogP contribution is 2.07. The molecular weight excluding hydrogens is 312 g/mol. The van der Waals surface area contributed by atoms with E-state index in [1.807, 2.05) is 4.98 Å². The van der Waals surface area contributed by atoms with Crippen molar-refractivity contribution in [2.45, 2.75) is 25.2 Å². The smallest absolute Gasteiger partial charge is 0.327 e. The third-order valence-electron chi connectivity index (χ3n) is 2.97. The van der Waals surface area contributed by atoms with E-state index >= 15 is 0 Å². The summed E-state index contributed by atoms with van der Waals surface area (Å²) in [5.41, 5.74) is -2.18. The normalized spacial score (nSPS) is 14.8. The molecule has 1 amide bonds. The quantitative estimate of drug-likeness (QED) is 0.239. The molecule has 0 bridgehead atoms. The molecule has 0 saturated carbocycles. The van der Waals surface area contributed by atoms with Gasteiger partial charge in [-0.2, -0.15) is 0 Å². The molecule has 11 nitrogen and oxygen atoms in total. The van der Waals surface area contributed by atoms with Gasteiger partial charge in [-0.1, -0.05) is 0 Å². The number of H-pyrrole nitrogens is 2. The Morgan fingerprint density at radius 2 is 1.83 bits per heavy atom. The molecule has 0 aromatic carbocycles. The van der Waals surface area contributed by atoms with E-state index in [0.717, 1.165) is 0 Å². The number of aliphatic hydroxyl groups excluding tert-OH is 4. The van der Waals surface area contributed by atoms with Crippen molar-refractivity contribution in [2.24, 2.45) is 0 Å². The Hall–Kier alpha value is -2.21. The van der Waals surface area contributed by atoms with Crippen LogP contribution < -0.4 is 21.9 Å². The van der Waals surface area contributed by atoms with E-state index < -0.39 is 54.2 Å². The molecule has 1 aromatic rings. The van der Waals surface area contributed by atoms with Gasteiger partial charge < -0.3 is 31.1 Å². The molecule has 1 aromatic heterocycles. The fraction of sp³-hybridized carbons (Fsp3) is 0.583. The Kier molecular flexibility index (Phi) is 6.90. The van der Waals surface area contributed by atoms with E-state index in [-0.39, 0.29) is 12.4 Å². The zero-order valence-electron chi connectivity index (χ0n) is 12.4. The lowest BCUT2D eigenvalue weighted by Crippen LogP contribution is -2.43. The second-order valence-corrected chi connectivity index (χ2v) is 4.71. The Balaban J connectivity index is 2.97. The molecule has 1 heterocycles. The summed E-state index contributed by atoms with van der Waals surface area (Å²) in [4.78, 5) is 39.0. The zero-order chi connectivity index (χ0) is 17.6. The molecule has 130 valence electrons. The van der Waals surface area contributed by atoms with Gasteiger partial charge >= 0.3 is 5.69 Å². The molecule has 23 heavy (non-hydrogen) atoms. The topological polar surface area (TPSA) is 188 Å². The molecule has 8 N–H and O–H groups in total. The second kappa shape index (κ2) is 8.43. The molecular formula is C12H20N4O7. The summed E-state index contributed by atoms with van der Waals surface area (Å²) in [5, 5.41) is 42.0. The maximum absolute atomic E-state index is 11.9. The Morgan fingerprint density at radius 3 is 2.39 bits per heavy atom. The summed E-state index contributed by atoms with van der Waals surface area (Å²) < 4.78 is 0. The monoisotopic (exact) mass is 332 g/mol. The maximum atomic E-state index is 11.9. The number of aromatic amines is 2. The molecule has 0 radical (unpaired) electrons. The highest BCUT2D eigenvalue weighted by molar-refractivity contribution is 5.98. The summed E-state index contributed by atoms with van der Waals surface area (Å²) in [6.07, 6.45) is -4.75. The van der Waals surface area contributed by atoms with Crippen molar-refractivity contribution >= 4 is 11.7 Å². The lowest BCUT2D eigenvalue weighted by atomic mass is 10.1. The van der Waals surface area contributed by atoms with Crippen molar-refractivity contribution in [3.05, 3.63) is 26.4 Å². The van der Waals surface area contributed by atoms with Crippen molar-refractivity contribution in [1.29, 1.82) is 0 Å². The van der Waals surface area contributed by atoms with Crippen LogP contribution in [0.4, 0.5) is 5.82 Å². The fourth-order valence-electron chi connectivity index (χ4n) is 1.78. The lowest BCUT2D eigenvalue weighted by molar-refractivity contribution is -0.0715. The summed E-state index contributed by atoms with van der Waals surface area (Å²) >= 11 is 0.